The van der Waals surface area contributed by atoms with Crippen LogP contribution in [0.3, 0.4) is 0 Å². The topological polar surface area (TPSA) is 46.2 Å². The molecule has 0 aliphatic heterocycles. The van der Waals surface area contributed by atoms with Crippen LogP contribution >= 0.6 is 0 Å². The third-order valence-electron chi connectivity index (χ3n) is 1.41. The highest BCUT2D eigenvalue weighted by Gasteiger charge is 1.97. The number of aliphatic hydroxyl groups is 1. The van der Waals surface area contributed by atoms with Crippen molar-refractivity contribution in [1.29, 1.82) is 0 Å². The van der Waals surface area contributed by atoms with E-state index >= 15 is 0 Å². The maximum Gasteiger partial charge on any atom is 0.0662 e. The quantitative estimate of drug-likeness (QED) is 0.544. The van der Waals surface area contributed by atoms with E-state index in [0.29, 0.717) is 6.54 Å². The van der Waals surface area contributed by atoms with Crippen molar-refractivity contribution in [3.63, 3.8) is 0 Å². The minimum absolute atomic E-state index is 0.267. The molecule has 0 aliphatic rings. The third kappa shape index (κ3) is 5.80. The summed E-state index contributed by atoms with van der Waals surface area (Å²) in [6.45, 7) is 2.55. The Hall–Kier alpha value is -0.0800. The summed E-state index contributed by atoms with van der Waals surface area (Å²) in [6.07, 6.45) is 4.12. The molecule has 0 aromatic carbocycles. The van der Waals surface area contributed by atoms with Gasteiger partial charge in [-0.1, -0.05) is 26.2 Å². The summed E-state index contributed by atoms with van der Waals surface area (Å²) in [5.41, 5.74) is 5.20. The van der Waals surface area contributed by atoms with Crippen LogP contribution in [0.5, 0.6) is 0 Å². The van der Waals surface area contributed by atoms with E-state index in [1.165, 1.54) is 12.8 Å². The van der Waals surface area contributed by atoms with Gasteiger partial charge in [-0.25, -0.2) is 0 Å². The van der Waals surface area contributed by atoms with E-state index in [-0.39, 0.29) is 6.10 Å². The molecule has 1 atom stereocenters. The molecule has 2 heteroatoms. The van der Waals surface area contributed by atoms with E-state index in [1.54, 1.807) is 0 Å². The molecule has 0 amide bonds. The summed E-state index contributed by atoms with van der Waals surface area (Å²) in [5.74, 6) is 0. The van der Waals surface area contributed by atoms with Gasteiger partial charge in [0.1, 0.15) is 0 Å². The van der Waals surface area contributed by atoms with Crippen LogP contribution in [0, 0.1) is 0 Å². The molecule has 0 aromatic rings. The standard InChI is InChI=1S/C7H17NO/c1-2-3-4-5-7(9)6-8/h7,9H,2-6,8H2,1H3/t7-/m1/s1. The summed E-state index contributed by atoms with van der Waals surface area (Å²) >= 11 is 0. The molecule has 0 aliphatic carbocycles. The fraction of sp³-hybridized carbons (Fsp3) is 1.00. The Bertz CT molecular complexity index is 56.9. The van der Waals surface area contributed by atoms with Crippen LogP contribution in [0.15, 0.2) is 0 Å². The number of hydrogen-bond donors (Lipinski definition) is 2. The molecule has 0 heterocycles. The Morgan fingerprint density at radius 2 is 2.11 bits per heavy atom. The third-order valence-corrected chi connectivity index (χ3v) is 1.41. The molecule has 3 N–H and O–H groups in total. The molecule has 56 valence electrons. The number of nitrogens with two attached hydrogens (primary N) is 1. The second kappa shape index (κ2) is 6.05. The van der Waals surface area contributed by atoms with E-state index in [2.05, 4.69) is 6.92 Å². The fourth-order valence-electron chi connectivity index (χ4n) is 0.748. The molecule has 0 rings (SSSR count). The van der Waals surface area contributed by atoms with E-state index in [0.717, 1.165) is 12.8 Å². The molecule has 0 fully saturated rings. The summed E-state index contributed by atoms with van der Waals surface area (Å²) in [7, 11) is 0. The molecule has 0 bridgehead atoms. The van der Waals surface area contributed by atoms with E-state index < -0.39 is 0 Å². The first-order valence-corrected chi connectivity index (χ1v) is 3.69. The lowest BCUT2D eigenvalue weighted by molar-refractivity contribution is 0.169. The monoisotopic (exact) mass is 131 g/mol. The highest BCUT2D eigenvalue weighted by Crippen LogP contribution is 2.01. The lowest BCUT2D eigenvalue weighted by Crippen LogP contribution is -2.19. The summed E-state index contributed by atoms with van der Waals surface area (Å²) in [6, 6.07) is 0. The van der Waals surface area contributed by atoms with Gasteiger partial charge in [0, 0.05) is 6.54 Å². The van der Waals surface area contributed by atoms with Crippen molar-refractivity contribution >= 4 is 0 Å². The molecule has 2 nitrogen and oxygen atoms in total. The number of aliphatic hydroxyl groups excluding tert-OH is 1. The van der Waals surface area contributed by atoms with Gasteiger partial charge in [-0.15, -0.1) is 0 Å². The van der Waals surface area contributed by atoms with Crippen molar-refractivity contribution in [1.82, 2.24) is 0 Å². The van der Waals surface area contributed by atoms with Crippen LogP contribution < -0.4 is 5.73 Å². The smallest absolute Gasteiger partial charge is 0.0662 e. The maximum atomic E-state index is 8.96. The minimum Gasteiger partial charge on any atom is -0.392 e. The highest BCUT2D eigenvalue weighted by molar-refractivity contribution is 4.54. The van der Waals surface area contributed by atoms with Crippen LogP contribution in [0.1, 0.15) is 32.6 Å². The molecule has 0 radical (unpaired) electrons. The Morgan fingerprint density at radius 1 is 1.44 bits per heavy atom. The van der Waals surface area contributed by atoms with Crippen molar-refractivity contribution in [2.24, 2.45) is 5.73 Å². The summed E-state index contributed by atoms with van der Waals surface area (Å²) in [4.78, 5) is 0. The van der Waals surface area contributed by atoms with Crippen molar-refractivity contribution in [3.8, 4) is 0 Å². The Kier molecular flexibility index (Phi) is 5.99. The van der Waals surface area contributed by atoms with E-state index in [1.807, 2.05) is 0 Å². The average Bonchev–Trinajstić information content (AvgIpc) is 1.89. The van der Waals surface area contributed by atoms with Gasteiger partial charge in [0.25, 0.3) is 0 Å². The molecular weight excluding hydrogens is 114 g/mol. The van der Waals surface area contributed by atoms with Gasteiger partial charge in [0.05, 0.1) is 6.10 Å². The zero-order chi connectivity index (χ0) is 7.11. The normalized spacial score (nSPS) is 13.7. The maximum absolute atomic E-state index is 8.96. The van der Waals surface area contributed by atoms with Gasteiger partial charge in [-0.2, -0.15) is 0 Å². The Morgan fingerprint density at radius 3 is 2.56 bits per heavy atom. The second-order valence-corrected chi connectivity index (χ2v) is 2.39. The molecule has 0 aromatic heterocycles. The Balaban J connectivity index is 2.88. The molecule has 0 spiro atoms. The van der Waals surface area contributed by atoms with Crippen molar-refractivity contribution in [3.05, 3.63) is 0 Å². The fourth-order valence-corrected chi connectivity index (χ4v) is 0.748. The molecule has 0 saturated carbocycles. The SMILES string of the molecule is CCCCC[C@@H](O)CN. The van der Waals surface area contributed by atoms with Gasteiger partial charge in [0.15, 0.2) is 0 Å². The molecule has 9 heavy (non-hydrogen) atoms. The van der Waals surface area contributed by atoms with Crippen LogP contribution in [-0.4, -0.2) is 17.8 Å². The average molecular weight is 131 g/mol. The van der Waals surface area contributed by atoms with Crippen LogP contribution in [-0.2, 0) is 0 Å². The lowest BCUT2D eigenvalue weighted by Gasteiger charge is -2.04. The Labute approximate surface area is 57.1 Å². The summed E-state index contributed by atoms with van der Waals surface area (Å²) < 4.78 is 0. The van der Waals surface area contributed by atoms with E-state index in [9.17, 15) is 0 Å². The number of unbranched alkanes of at least 4 members (excludes halogenated alkanes) is 2. The van der Waals surface area contributed by atoms with Crippen molar-refractivity contribution < 1.29 is 5.11 Å². The van der Waals surface area contributed by atoms with Crippen molar-refractivity contribution in [2.75, 3.05) is 6.54 Å². The van der Waals surface area contributed by atoms with Crippen molar-refractivity contribution in [2.45, 2.75) is 38.7 Å². The number of rotatable bonds is 5. The second-order valence-electron chi connectivity index (χ2n) is 2.39. The van der Waals surface area contributed by atoms with Crippen LogP contribution in [0.4, 0.5) is 0 Å². The van der Waals surface area contributed by atoms with Gasteiger partial charge < -0.3 is 10.8 Å². The van der Waals surface area contributed by atoms with Gasteiger partial charge in [-0.05, 0) is 6.42 Å². The first-order chi connectivity index (χ1) is 4.31. The predicted octanol–water partition coefficient (Wildman–Crippen LogP) is 0.886. The van der Waals surface area contributed by atoms with Gasteiger partial charge in [0.2, 0.25) is 0 Å². The zero-order valence-corrected chi connectivity index (χ0v) is 6.14. The van der Waals surface area contributed by atoms with E-state index in [4.69, 9.17) is 10.8 Å². The molecule has 0 saturated heterocycles. The van der Waals surface area contributed by atoms with Crippen LogP contribution in [0.2, 0.25) is 0 Å². The molecular formula is C7H17NO. The first-order valence-electron chi connectivity index (χ1n) is 3.69. The molecule has 0 unspecified atom stereocenters. The van der Waals surface area contributed by atoms with Gasteiger partial charge in [-0.3, -0.25) is 0 Å². The van der Waals surface area contributed by atoms with Crippen LogP contribution in [0.25, 0.3) is 0 Å². The zero-order valence-electron chi connectivity index (χ0n) is 6.14. The number of hydrogen-bond acceptors (Lipinski definition) is 2. The largest absolute Gasteiger partial charge is 0.392 e. The summed E-state index contributed by atoms with van der Waals surface area (Å²) in [5, 5.41) is 8.96. The predicted molar refractivity (Wildman–Crippen MR) is 39.2 cm³/mol. The minimum atomic E-state index is -0.267. The van der Waals surface area contributed by atoms with Gasteiger partial charge >= 0.3 is 0 Å². The lowest BCUT2D eigenvalue weighted by atomic mass is 10.1. The highest BCUT2D eigenvalue weighted by atomic mass is 16.3. The first kappa shape index (κ1) is 8.92.